The molecular formula is C10H12O4. The fraction of sp³-hybridized carbons (Fsp3) is 0.300. The van der Waals surface area contributed by atoms with E-state index in [2.05, 4.69) is 0 Å². The molecule has 4 nitrogen and oxygen atoms in total. The number of aliphatic carboxylic acids is 1. The predicted octanol–water partition coefficient (Wildman–Crippen LogP) is 0.0355. The molecule has 0 aliphatic heterocycles. The number of rotatable bonds is 4. The minimum Gasteiger partial charge on any atom is -0.479 e. The van der Waals surface area contributed by atoms with E-state index in [9.17, 15) is 9.90 Å². The molecule has 0 saturated carbocycles. The van der Waals surface area contributed by atoms with E-state index in [1.165, 1.54) is 0 Å². The Morgan fingerprint density at radius 1 is 1.21 bits per heavy atom. The van der Waals surface area contributed by atoms with Crippen LogP contribution in [0.3, 0.4) is 0 Å². The molecule has 0 heterocycles. The molecule has 1 aromatic carbocycles. The largest absolute Gasteiger partial charge is 0.479 e. The molecule has 0 fully saturated rings. The lowest BCUT2D eigenvalue weighted by Gasteiger charge is -2.13. The highest BCUT2D eigenvalue weighted by Gasteiger charge is 2.23. The number of benzene rings is 1. The molecule has 0 aromatic heterocycles. The van der Waals surface area contributed by atoms with Crippen molar-refractivity contribution >= 4 is 5.97 Å². The van der Waals surface area contributed by atoms with E-state index in [1.54, 1.807) is 24.3 Å². The minimum atomic E-state index is -1.73. The van der Waals surface area contributed by atoms with E-state index >= 15 is 0 Å². The van der Waals surface area contributed by atoms with E-state index in [0.717, 1.165) is 5.56 Å². The van der Waals surface area contributed by atoms with Gasteiger partial charge in [0.25, 0.3) is 0 Å². The predicted molar refractivity (Wildman–Crippen MR) is 49.8 cm³/mol. The quantitative estimate of drug-likeness (QED) is 0.635. The van der Waals surface area contributed by atoms with Gasteiger partial charge in [-0.1, -0.05) is 30.3 Å². The molecule has 0 aliphatic carbocycles. The van der Waals surface area contributed by atoms with Crippen molar-refractivity contribution in [2.75, 3.05) is 0 Å². The fourth-order valence-electron chi connectivity index (χ4n) is 1.13. The van der Waals surface area contributed by atoms with E-state index in [1.807, 2.05) is 6.07 Å². The van der Waals surface area contributed by atoms with E-state index in [4.69, 9.17) is 10.2 Å². The fourth-order valence-corrected chi connectivity index (χ4v) is 1.13. The summed E-state index contributed by atoms with van der Waals surface area (Å²) in [5.41, 5.74) is 0.792. The summed E-state index contributed by atoms with van der Waals surface area (Å²) in [6, 6.07) is 8.92. The van der Waals surface area contributed by atoms with Crippen LogP contribution < -0.4 is 0 Å². The molecule has 1 rings (SSSR count). The van der Waals surface area contributed by atoms with Gasteiger partial charge in [-0.15, -0.1) is 0 Å². The van der Waals surface area contributed by atoms with Crippen LogP contribution in [-0.2, 0) is 11.2 Å². The first-order chi connectivity index (χ1) is 6.61. The zero-order chi connectivity index (χ0) is 10.6. The number of carbonyl (C=O) groups is 1. The lowest BCUT2D eigenvalue weighted by molar-refractivity contribution is -0.152. The van der Waals surface area contributed by atoms with Crippen molar-refractivity contribution in [3.8, 4) is 0 Å². The minimum absolute atomic E-state index is 0.133. The lowest BCUT2D eigenvalue weighted by Crippen LogP contribution is -2.35. The Labute approximate surface area is 81.4 Å². The molecule has 0 bridgehead atoms. The second-order valence-electron chi connectivity index (χ2n) is 3.04. The van der Waals surface area contributed by atoms with E-state index in [-0.39, 0.29) is 6.42 Å². The summed E-state index contributed by atoms with van der Waals surface area (Å²) in [6.07, 6.45) is -2.86. The average molecular weight is 196 g/mol. The molecular weight excluding hydrogens is 184 g/mol. The Morgan fingerprint density at radius 3 is 2.29 bits per heavy atom. The van der Waals surface area contributed by atoms with Crippen molar-refractivity contribution in [2.24, 2.45) is 0 Å². The van der Waals surface area contributed by atoms with Crippen molar-refractivity contribution in [3.63, 3.8) is 0 Å². The van der Waals surface area contributed by atoms with Crippen LogP contribution in [-0.4, -0.2) is 33.5 Å². The third-order valence-corrected chi connectivity index (χ3v) is 1.91. The van der Waals surface area contributed by atoms with Gasteiger partial charge >= 0.3 is 5.97 Å². The van der Waals surface area contributed by atoms with Crippen LogP contribution in [0.25, 0.3) is 0 Å². The van der Waals surface area contributed by atoms with E-state index < -0.39 is 18.2 Å². The Hall–Kier alpha value is -1.39. The molecule has 1 aromatic rings. The van der Waals surface area contributed by atoms with Gasteiger partial charge < -0.3 is 15.3 Å². The van der Waals surface area contributed by atoms with Gasteiger partial charge in [-0.25, -0.2) is 4.79 Å². The lowest BCUT2D eigenvalue weighted by atomic mass is 10.0. The maximum Gasteiger partial charge on any atom is 0.335 e. The molecule has 0 radical (unpaired) electrons. The van der Waals surface area contributed by atoms with Crippen LogP contribution in [0.2, 0.25) is 0 Å². The highest BCUT2D eigenvalue weighted by atomic mass is 16.4. The number of hydrogen-bond donors (Lipinski definition) is 3. The standard InChI is InChI=1S/C10H12O4/c11-8(9(12)10(13)14)6-7-4-2-1-3-5-7/h1-5,8-9,11-12H,6H2,(H,13,14)/t8-,9+/m0/s1. The Morgan fingerprint density at radius 2 is 1.79 bits per heavy atom. The smallest absolute Gasteiger partial charge is 0.335 e. The average Bonchev–Trinajstić information content (AvgIpc) is 2.18. The number of carboxylic acids is 1. The van der Waals surface area contributed by atoms with Crippen molar-refractivity contribution in [3.05, 3.63) is 35.9 Å². The first kappa shape index (κ1) is 10.7. The number of carboxylic acid groups (broad SMARTS) is 1. The SMILES string of the molecule is O=C(O)[C@H](O)[C@@H](O)Cc1ccccc1. The summed E-state index contributed by atoms with van der Waals surface area (Å²) in [5, 5.41) is 26.7. The maximum absolute atomic E-state index is 10.3. The van der Waals surface area contributed by atoms with Crippen LogP contribution >= 0.6 is 0 Å². The number of aliphatic hydroxyl groups is 2. The van der Waals surface area contributed by atoms with Crippen LogP contribution in [0, 0.1) is 0 Å². The molecule has 76 valence electrons. The summed E-state index contributed by atoms with van der Waals surface area (Å²) >= 11 is 0. The molecule has 0 unspecified atom stereocenters. The molecule has 0 saturated heterocycles. The van der Waals surface area contributed by atoms with Crippen molar-refractivity contribution in [1.29, 1.82) is 0 Å². The third-order valence-electron chi connectivity index (χ3n) is 1.91. The van der Waals surface area contributed by atoms with Crippen LogP contribution in [0.15, 0.2) is 30.3 Å². The van der Waals surface area contributed by atoms with Crippen LogP contribution in [0.1, 0.15) is 5.56 Å². The maximum atomic E-state index is 10.3. The van der Waals surface area contributed by atoms with Gasteiger partial charge in [0.1, 0.15) is 0 Å². The Bertz CT molecular complexity index is 296. The van der Waals surface area contributed by atoms with Crippen molar-refractivity contribution in [2.45, 2.75) is 18.6 Å². The van der Waals surface area contributed by atoms with Crippen LogP contribution in [0.5, 0.6) is 0 Å². The van der Waals surface area contributed by atoms with Gasteiger partial charge in [0.2, 0.25) is 0 Å². The number of aliphatic hydroxyl groups excluding tert-OH is 2. The zero-order valence-corrected chi connectivity index (χ0v) is 7.50. The molecule has 0 spiro atoms. The normalized spacial score (nSPS) is 14.7. The van der Waals surface area contributed by atoms with E-state index in [0.29, 0.717) is 0 Å². The van der Waals surface area contributed by atoms with Gasteiger partial charge in [0.15, 0.2) is 6.10 Å². The van der Waals surface area contributed by atoms with Gasteiger partial charge in [-0.2, -0.15) is 0 Å². The molecule has 3 N–H and O–H groups in total. The highest BCUT2D eigenvalue weighted by molar-refractivity contribution is 5.72. The van der Waals surface area contributed by atoms with Gasteiger partial charge in [-0.05, 0) is 5.56 Å². The van der Waals surface area contributed by atoms with Crippen LogP contribution in [0.4, 0.5) is 0 Å². The first-order valence-electron chi connectivity index (χ1n) is 4.24. The molecule has 14 heavy (non-hydrogen) atoms. The third kappa shape index (κ3) is 2.83. The van der Waals surface area contributed by atoms with Gasteiger partial charge in [0.05, 0.1) is 6.10 Å². The van der Waals surface area contributed by atoms with Gasteiger partial charge in [-0.3, -0.25) is 0 Å². The van der Waals surface area contributed by atoms with Gasteiger partial charge in [0, 0.05) is 6.42 Å². The summed E-state index contributed by atoms with van der Waals surface area (Å²) in [5.74, 6) is -1.41. The summed E-state index contributed by atoms with van der Waals surface area (Å²) < 4.78 is 0. The van der Waals surface area contributed by atoms with Crippen molar-refractivity contribution < 1.29 is 20.1 Å². The summed E-state index contributed by atoms with van der Waals surface area (Å²) in [4.78, 5) is 10.3. The summed E-state index contributed by atoms with van der Waals surface area (Å²) in [7, 11) is 0. The zero-order valence-electron chi connectivity index (χ0n) is 7.50. The molecule has 0 aliphatic rings. The molecule has 0 amide bonds. The number of hydrogen-bond acceptors (Lipinski definition) is 3. The second-order valence-corrected chi connectivity index (χ2v) is 3.04. The molecule has 2 atom stereocenters. The van der Waals surface area contributed by atoms with Crippen molar-refractivity contribution in [1.82, 2.24) is 0 Å². The second kappa shape index (κ2) is 4.74. The first-order valence-corrected chi connectivity index (χ1v) is 4.24. The molecule has 4 heteroatoms. The topological polar surface area (TPSA) is 77.8 Å². The monoisotopic (exact) mass is 196 g/mol. The summed E-state index contributed by atoms with van der Waals surface area (Å²) in [6.45, 7) is 0. The Balaban J connectivity index is 2.57. The highest BCUT2D eigenvalue weighted by Crippen LogP contribution is 2.05. The Kier molecular flexibility index (Phi) is 3.62.